The molecule has 1 saturated carbocycles. The largest absolute Gasteiger partial charge is 0.409 e. The molecule has 0 spiro atoms. The number of halogens is 2. The predicted molar refractivity (Wildman–Crippen MR) is 69.3 cm³/mol. The fourth-order valence-electron chi connectivity index (χ4n) is 2.08. The lowest BCUT2D eigenvalue weighted by molar-refractivity contribution is 0.315. The van der Waals surface area contributed by atoms with Crippen LogP contribution < -0.4 is 11.1 Å². The first-order chi connectivity index (χ1) is 8.96. The van der Waals surface area contributed by atoms with Gasteiger partial charge in [0.05, 0.1) is 5.69 Å². The smallest absolute Gasteiger partial charge is 0.146 e. The van der Waals surface area contributed by atoms with Gasteiger partial charge < -0.3 is 16.3 Å². The van der Waals surface area contributed by atoms with E-state index in [2.05, 4.69) is 10.5 Å². The summed E-state index contributed by atoms with van der Waals surface area (Å²) in [6.45, 7) is 1.99. The maximum Gasteiger partial charge on any atom is 0.146 e. The Hall–Kier alpha value is -1.85. The highest BCUT2D eigenvalue weighted by Gasteiger charge is 2.43. The number of nitrogens with zero attached hydrogens (tertiary/aromatic N) is 1. The number of anilines is 1. The molecular formula is C13H17F2N3O. The lowest BCUT2D eigenvalue weighted by Crippen LogP contribution is -2.24. The van der Waals surface area contributed by atoms with Gasteiger partial charge in [0.15, 0.2) is 0 Å². The van der Waals surface area contributed by atoms with Crippen LogP contribution in [0.2, 0.25) is 0 Å². The Morgan fingerprint density at radius 3 is 2.68 bits per heavy atom. The molecule has 4 N–H and O–H groups in total. The van der Waals surface area contributed by atoms with Crippen molar-refractivity contribution in [2.45, 2.75) is 26.2 Å². The summed E-state index contributed by atoms with van der Waals surface area (Å²) in [5, 5.41) is 14.4. The quantitative estimate of drug-likeness (QED) is 0.333. The lowest BCUT2D eigenvalue weighted by Gasteiger charge is -2.16. The molecule has 1 aromatic carbocycles. The van der Waals surface area contributed by atoms with E-state index in [-0.39, 0.29) is 22.5 Å². The third-order valence-electron chi connectivity index (χ3n) is 3.54. The second-order valence-corrected chi connectivity index (χ2v) is 5.20. The van der Waals surface area contributed by atoms with Gasteiger partial charge in [-0.3, -0.25) is 0 Å². The number of nitrogens with one attached hydrogen (secondary N) is 1. The zero-order valence-corrected chi connectivity index (χ0v) is 10.7. The van der Waals surface area contributed by atoms with E-state index in [1.54, 1.807) is 0 Å². The Bertz CT molecular complexity index is 513. The molecule has 0 radical (unpaired) electrons. The standard InChI is InChI=1S/C13H17F2N3O/c1-8-4-10(15)11(5-9(8)14)17-7-13(2-3-13)6-12(16)18-19/h4-5,17,19H,2-3,6-7H2,1H3,(H2,16,18). The van der Waals surface area contributed by atoms with Crippen LogP contribution >= 0.6 is 0 Å². The van der Waals surface area contributed by atoms with Crippen molar-refractivity contribution < 1.29 is 14.0 Å². The molecule has 0 atom stereocenters. The minimum Gasteiger partial charge on any atom is -0.409 e. The van der Waals surface area contributed by atoms with Crippen LogP contribution in [-0.4, -0.2) is 17.6 Å². The second-order valence-electron chi connectivity index (χ2n) is 5.20. The number of hydrogen-bond donors (Lipinski definition) is 3. The number of nitrogens with two attached hydrogens (primary N) is 1. The van der Waals surface area contributed by atoms with E-state index in [1.165, 1.54) is 13.0 Å². The third kappa shape index (κ3) is 3.13. The number of benzene rings is 1. The van der Waals surface area contributed by atoms with Gasteiger partial charge in [0.25, 0.3) is 0 Å². The Balaban J connectivity index is 2.01. The molecule has 0 heterocycles. The molecule has 1 aliphatic rings. The maximum atomic E-state index is 13.6. The first-order valence-electron chi connectivity index (χ1n) is 6.12. The summed E-state index contributed by atoms with van der Waals surface area (Å²) in [5.41, 5.74) is 5.80. The zero-order chi connectivity index (χ0) is 14.0. The molecule has 6 heteroatoms. The van der Waals surface area contributed by atoms with Crippen LogP contribution in [0.15, 0.2) is 17.3 Å². The van der Waals surface area contributed by atoms with Crippen LogP contribution in [0, 0.1) is 24.0 Å². The minimum atomic E-state index is -0.474. The highest BCUT2D eigenvalue weighted by Crippen LogP contribution is 2.48. The third-order valence-corrected chi connectivity index (χ3v) is 3.54. The van der Waals surface area contributed by atoms with E-state index >= 15 is 0 Å². The van der Waals surface area contributed by atoms with Crippen molar-refractivity contribution in [3.8, 4) is 0 Å². The molecule has 104 valence electrons. The Morgan fingerprint density at radius 2 is 2.11 bits per heavy atom. The number of hydrogen-bond acceptors (Lipinski definition) is 3. The van der Waals surface area contributed by atoms with Gasteiger partial charge in [0.2, 0.25) is 0 Å². The van der Waals surface area contributed by atoms with Gasteiger partial charge in [-0.05, 0) is 36.8 Å². The minimum absolute atomic E-state index is 0.107. The van der Waals surface area contributed by atoms with Gasteiger partial charge >= 0.3 is 0 Å². The summed E-state index contributed by atoms with van der Waals surface area (Å²) in [6, 6.07) is 2.32. The Kier molecular flexibility index (Phi) is 3.59. The Morgan fingerprint density at radius 1 is 1.42 bits per heavy atom. The fraction of sp³-hybridized carbons (Fsp3) is 0.462. The average Bonchev–Trinajstić information content (AvgIpc) is 3.12. The van der Waals surface area contributed by atoms with Gasteiger partial charge in [-0.15, -0.1) is 0 Å². The highest BCUT2D eigenvalue weighted by molar-refractivity contribution is 5.80. The van der Waals surface area contributed by atoms with E-state index in [0.717, 1.165) is 18.9 Å². The SMILES string of the molecule is Cc1cc(F)c(NCC2(C/C(N)=N/O)CC2)cc1F. The number of aryl methyl sites for hydroxylation is 1. The molecule has 1 aromatic rings. The molecule has 0 saturated heterocycles. The first-order valence-corrected chi connectivity index (χ1v) is 6.12. The molecule has 0 amide bonds. The van der Waals surface area contributed by atoms with E-state index in [0.29, 0.717) is 13.0 Å². The lowest BCUT2D eigenvalue weighted by atomic mass is 10.0. The predicted octanol–water partition coefficient (Wildman–Crippen LogP) is 2.60. The molecule has 0 unspecified atom stereocenters. The normalized spacial score (nSPS) is 17.3. The van der Waals surface area contributed by atoms with Crippen molar-refractivity contribution >= 4 is 11.5 Å². The molecule has 19 heavy (non-hydrogen) atoms. The molecular weight excluding hydrogens is 252 g/mol. The number of amidine groups is 1. The van der Waals surface area contributed by atoms with Crippen LogP contribution in [-0.2, 0) is 0 Å². The molecule has 2 rings (SSSR count). The molecule has 0 aliphatic heterocycles. The van der Waals surface area contributed by atoms with Crippen LogP contribution in [0.3, 0.4) is 0 Å². The van der Waals surface area contributed by atoms with Gasteiger partial charge in [-0.25, -0.2) is 8.78 Å². The van der Waals surface area contributed by atoms with Crippen molar-refractivity contribution in [2.24, 2.45) is 16.3 Å². The first kappa shape index (κ1) is 13.6. The van der Waals surface area contributed by atoms with E-state index in [9.17, 15) is 8.78 Å². The van der Waals surface area contributed by atoms with Crippen LogP contribution in [0.5, 0.6) is 0 Å². The number of oxime groups is 1. The molecule has 1 aliphatic carbocycles. The van der Waals surface area contributed by atoms with Crippen molar-refractivity contribution in [3.63, 3.8) is 0 Å². The van der Waals surface area contributed by atoms with E-state index in [1.807, 2.05) is 0 Å². The van der Waals surface area contributed by atoms with Crippen molar-refractivity contribution in [1.29, 1.82) is 0 Å². The van der Waals surface area contributed by atoms with Gasteiger partial charge in [-0.1, -0.05) is 5.16 Å². The Labute approximate surface area is 110 Å². The highest BCUT2D eigenvalue weighted by atomic mass is 19.1. The van der Waals surface area contributed by atoms with Crippen LogP contribution in [0.4, 0.5) is 14.5 Å². The fourth-order valence-corrected chi connectivity index (χ4v) is 2.08. The molecule has 0 aromatic heterocycles. The summed E-state index contributed by atoms with van der Waals surface area (Å²) < 4.78 is 27.0. The maximum absolute atomic E-state index is 13.6. The summed E-state index contributed by atoms with van der Waals surface area (Å²) >= 11 is 0. The second kappa shape index (κ2) is 5.03. The summed E-state index contributed by atoms with van der Waals surface area (Å²) in [6.07, 6.45) is 2.30. The van der Waals surface area contributed by atoms with Gasteiger partial charge in [0, 0.05) is 19.0 Å². The van der Waals surface area contributed by atoms with Crippen molar-refractivity contribution in [3.05, 3.63) is 29.3 Å². The molecule has 4 nitrogen and oxygen atoms in total. The van der Waals surface area contributed by atoms with E-state index in [4.69, 9.17) is 10.9 Å². The van der Waals surface area contributed by atoms with Gasteiger partial charge in [-0.2, -0.15) is 0 Å². The van der Waals surface area contributed by atoms with Crippen LogP contribution in [0.1, 0.15) is 24.8 Å². The monoisotopic (exact) mass is 269 g/mol. The average molecular weight is 269 g/mol. The zero-order valence-electron chi connectivity index (χ0n) is 10.7. The van der Waals surface area contributed by atoms with Crippen LogP contribution in [0.25, 0.3) is 0 Å². The molecule has 0 bridgehead atoms. The summed E-state index contributed by atoms with van der Waals surface area (Å²) in [5.74, 6) is -0.751. The van der Waals surface area contributed by atoms with E-state index < -0.39 is 11.6 Å². The van der Waals surface area contributed by atoms with Crippen molar-refractivity contribution in [2.75, 3.05) is 11.9 Å². The summed E-state index contributed by atoms with van der Waals surface area (Å²) in [4.78, 5) is 0. The van der Waals surface area contributed by atoms with Gasteiger partial charge in [0.1, 0.15) is 17.5 Å². The van der Waals surface area contributed by atoms with Crippen molar-refractivity contribution in [1.82, 2.24) is 0 Å². The topological polar surface area (TPSA) is 70.6 Å². The molecule has 1 fully saturated rings. The number of rotatable bonds is 5. The summed E-state index contributed by atoms with van der Waals surface area (Å²) in [7, 11) is 0.